The van der Waals surface area contributed by atoms with Crippen LogP contribution in [-0.4, -0.2) is 18.2 Å². The lowest BCUT2D eigenvalue weighted by atomic mass is 9.80. The number of amides is 1. The molecule has 1 aliphatic heterocycles. The van der Waals surface area contributed by atoms with E-state index in [1.807, 2.05) is 13.8 Å². The van der Waals surface area contributed by atoms with E-state index in [1.165, 1.54) is 6.07 Å². The van der Waals surface area contributed by atoms with Gasteiger partial charge in [-0.2, -0.15) is 13.2 Å². The van der Waals surface area contributed by atoms with E-state index >= 15 is 0 Å². The molecule has 1 aromatic carbocycles. The summed E-state index contributed by atoms with van der Waals surface area (Å²) in [6, 6.07) is 5.70. The highest BCUT2D eigenvalue weighted by Gasteiger charge is 2.40. The molecule has 1 saturated heterocycles. The molecule has 7 heteroatoms. The smallest absolute Gasteiger partial charge is 0.446 e. The lowest BCUT2D eigenvalue weighted by Crippen LogP contribution is -2.47. The fraction of sp³-hybridized carbons (Fsp3) is 0.462. The number of hydrogen-bond donors (Lipinski definition) is 1. The molecule has 1 fully saturated rings. The highest BCUT2D eigenvalue weighted by atomic mass is 32.2. The molecule has 1 aliphatic rings. The first-order chi connectivity index (χ1) is 9.19. The van der Waals surface area contributed by atoms with E-state index in [0.29, 0.717) is 5.56 Å². The SMILES string of the molecule is CC1(C)COC(=O)N[C@@H]1c1ccccc1SC(F)(F)F. The van der Waals surface area contributed by atoms with Gasteiger partial charge in [-0.3, -0.25) is 0 Å². The molecule has 2 rings (SSSR count). The monoisotopic (exact) mass is 305 g/mol. The maximum atomic E-state index is 12.6. The molecular weight excluding hydrogens is 291 g/mol. The van der Waals surface area contributed by atoms with E-state index in [2.05, 4.69) is 5.32 Å². The van der Waals surface area contributed by atoms with Crippen LogP contribution in [0.5, 0.6) is 0 Å². The number of hydrogen-bond acceptors (Lipinski definition) is 3. The summed E-state index contributed by atoms with van der Waals surface area (Å²) in [6.07, 6.45) is -0.610. The van der Waals surface area contributed by atoms with Crippen molar-refractivity contribution in [3.8, 4) is 0 Å². The molecule has 1 amide bonds. The minimum absolute atomic E-state index is 0.0975. The number of ether oxygens (including phenoxy) is 1. The molecule has 3 nitrogen and oxygen atoms in total. The van der Waals surface area contributed by atoms with Gasteiger partial charge in [0.25, 0.3) is 0 Å². The Morgan fingerprint density at radius 3 is 2.65 bits per heavy atom. The van der Waals surface area contributed by atoms with Gasteiger partial charge in [-0.1, -0.05) is 32.0 Å². The lowest BCUT2D eigenvalue weighted by Gasteiger charge is -2.39. The number of rotatable bonds is 2. The van der Waals surface area contributed by atoms with Crippen molar-refractivity contribution >= 4 is 17.9 Å². The van der Waals surface area contributed by atoms with Crippen LogP contribution in [0.3, 0.4) is 0 Å². The van der Waals surface area contributed by atoms with Crippen LogP contribution in [0.15, 0.2) is 29.2 Å². The highest BCUT2D eigenvalue weighted by Crippen LogP contribution is 2.44. The van der Waals surface area contributed by atoms with Crippen molar-refractivity contribution in [3.05, 3.63) is 29.8 Å². The third-order valence-electron chi connectivity index (χ3n) is 3.07. The molecule has 0 aliphatic carbocycles. The van der Waals surface area contributed by atoms with Crippen molar-refractivity contribution in [3.63, 3.8) is 0 Å². The number of alkyl halides is 3. The van der Waals surface area contributed by atoms with Crippen LogP contribution in [0.4, 0.5) is 18.0 Å². The summed E-state index contributed by atoms with van der Waals surface area (Å²) in [5.41, 5.74) is -4.40. The summed E-state index contributed by atoms with van der Waals surface area (Å²) < 4.78 is 42.7. The Balaban J connectivity index is 2.38. The normalized spacial score (nSPS) is 22.1. The first kappa shape index (κ1) is 15.0. The van der Waals surface area contributed by atoms with Crippen LogP contribution in [0.2, 0.25) is 0 Å². The standard InChI is InChI=1S/C13H14F3NO2S/c1-12(2)7-19-11(18)17-10(12)8-5-3-4-6-9(8)20-13(14,15)16/h3-6,10H,7H2,1-2H3,(H,17,18)/t10-/m1/s1. The van der Waals surface area contributed by atoms with Crippen molar-refractivity contribution < 1.29 is 22.7 Å². The largest absolute Gasteiger partial charge is 0.449 e. The van der Waals surface area contributed by atoms with Crippen molar-refractivity contribution in [2.24, 2.45) is 5.41 Å². The molecule has 0 saturated carbocycles. The van der Waals surface area contributed by atoms with Crippen LogP contribution >= 0.6 is 11.8 Å². The quantitative estimate of drug-likeness (QED) is 0.836. The Hall–Kier alpha value is -1.37. The van der Waals surface area contributed by atoms with E-state index in [-0.39, 0.29) is 23.3 Å². The highest BCUT2D eigenvalue weighted by molar-refractivity contribution is 8.00. The van der Waals surface area contributed by atoms with Crippen LogP contribution in [0.25, 0.3) is 0 Å². The van der Waals surface area contributed by atoms with E-state index < -0.39 is 23.1 Å². The van der Waals surface area contributed by atoms with Crippen LogP contribution in [-0.2, 0) is 4.74 Å². The number of thioether (sulfide) groups is 1. The Morgan fingerprint density at radius 1 is 1.35 bits per heavy atom. The summed E-state index contributed by atoms with van der Waals surface area (Å²) in [5.74, 6) is 0. The molecule has 1 aromatic rings. The Labute approximate surface area is 118 Å². The predicted octanol–water partition coefficient (Wildman–Crippen LogP) is 4.11. The second-order valence-electron chi connectivity index (χ2n) is 5.23. The zero-order valence-electron chi connectivity index (χ0n) is 11.0. The second kappa shape index (κ2) is 5.20. The summed E-state index contributed by atoms with van der Waals surface area (Å²) in [6.45, 7) is 3.84. The number of carbonyl (C=O) groups is 1. The maximum Gasteiger partial charge on any atom is 0.446 e. The van der Waals surface area contributed by atoms with Gasteiger partial charge in [-0.25, -0.2) is 4.79 Å². The van der Waals surface area contributed by atoms with Gasteiger partial charge in [0, 0.05) is 10.3 Å². The number of carbonyl (C=O) groups excluding carboxylic acids is 1. The maximum absolute atomic E-state index is 12.6. The van der Waals surface area contributed by atoms with Crippen molar-refractivity contribution in [2.75, 3.05) is 6.61 Å². The summed E-state index contributed by atoms with van der Waals surface area (Å²) >= 11 is -0.169. The molecule has 1 atom stereocenters. The van der Waals surface area contributed by atoms with Gasteiger partial charge in [-0.05, 0) is 23.4 Å². The zero-order chi connectivity index (χ0) is 15.0. The van der Waals surface area contributed by atoms with Gasteiger partial charge in [0.15, 0.2) is 0 Å². The minimum atomic E-state index is -4.37. The lowest BCUT2D eigenvalue weighted by molar-refractivity contribution is -0.0329. The summed E-state index contributed by atoms with van der Waals surface area (Å²) in [5, 5.41) is 2.61. The minimum Gasteiger partial charge on any atom is -0.449 e. The molecule has 0 aromatic heterocycles. The number of alkyl carbamates (subject to hydrolysis) is 1. The third kappa shape index (κ3) is 3.39. The van der Waals surface area contributed by atoms with Crippen molar-refractivity contribution in [1.82, 2.24) is 5.32 Å². The van der Waals surface area contributed by atoms with Crippen molar-refractivity contribution in [1.29, 1.82) is 0 Å². The first-order valence-electron chi connectivity index (χ1n) is 5.97. The Kier molecular flexibility index (Phi) is 3.90. The second-order valence-corrected chi connectivity index (χ2v) is 6.33. The molecule has 0 unspecified atom stereocenters. The molecule has 110 valence electrons. The summed E-state index contributed by atoms with van der Waals surface area (Å²) in [4.78, 5) is 11.5. The Morgan fingerprint density at radius 2 is 2.00 bits per heavy atom. The van der Waals surface area contributed by atoms with Gasteiger partial charge < -0.3 is 10.1 Å². The van der Waals surface area contributed by atoms with Gasteiger partial charge in [0.05, 0.1) is 6.04 Å². The molecular formula is C13H14F3NO2S. The summed E-state index contributed by atoms with van der Waals surface area (Å²) in [7, 11) is 0. The van der Waals surface area contributed by atoms with E-state index in [9.17, 15) is 18.0 Å². The van der Waals surface area contributed by atoms with Crippen molar-refractivity contribution in [2.45, 2.75) is 30.3 Å². The molecule has 0 radical (unpaired) electrons. The van der Waals surface area contributed by atoms with Gasteiger partial charge in [0.2, 0.25) is 0 Å². The predicted molar refractivity (Wildman–Crippen MR) is 69.4 cm³/mol. The van der Waals surface area contributed by atoms with Gasteiger partial charge in [-0.15, -0.1) is 0 Å². The molecule has 0 bridgehead atoms. The number of benzene rings is 1. The average molecular weight is 305 g/mol. The average Bonchev–Trinajstić information content (AvgIpc) is 2.31. The number of cyclic esters (lactones) is 1. The molecule has 1 N–H and O–H groups in total. The van der Waals surface area contributed by atoms with Gasteiger partial charge in [0.1, 0.15) is 6.61 Å². The first-order valence-corrected chi connectivity index (χ1v) is 6.79. The molecule has 1 heterocycles. The fourth-order valence-electron chi connectivity index (χ4n) is 2.13. The zero-order valence-corrected chi connectivity index (χ0v) is 11.8. The topological polar surface area (TPSA) is 38.3 Å². The van der Waals surface area contributed by atoms with E-state index in [4.69, 9.17) is 4.74 Å². The van der Waals surface area contributed by atoms with Gasteiger partial charge >= 0.3 is 11.6 Å². The van der Waals surface area contributed by atoms with Crippen LogP contribution in [0.1, 0.15) is 25.5 Å². The molecule has 0 spiro atoms. The van der Waals surface area contributed by atoms with E-state index in [1.54, 1.807) is 18.2 Å². The molecule has 20 heavy (non-hydrogen) atoms. The third-order valence-corrected chi connectivity index (χ3v) is 3.90. The van der Waals surface area contributed by atoms with Crippen LogP contribution < -0.4 is 5.32 Å². The van der Waals surface area contributed by atoms with Crippen LogP contribution in [0, 0.1) is 5.41 Å². The fourth-order valence-corrected chi connectivity index (χ4v) is 2.82. The number of nitrogens with one attached hydrogen (secondary N) is 1. The number of halogens is 3. The Bertz CT molecular complexity index is 517. The van der Waals surface area contributed by atoms with E-state index in [0.717, 1.165) is 0 Å².